The Kier molecular flexibility index (Phi) is 6.38. The summed E-state index contributed by atoms with van der Waals surface area (Å²) in [4.78, 5) is 9.34. The van der Waals surface area contributed by atoms with Gasteiger partial charge in [0, 0.05) is 32.3 Å². The van der Waals surface area contributed by atoms with Crippen LogP contribution in [0.15, 0.2) is 58.6 Å². The maximum absolute atomic E-state index is 12.1. The van der Waals surface area contributed by atoms with Gasteiger partial charge in [0.2, 0.25) is 10.0 Å². The number of rotatable bonds is 8. The van der Waals surface area contributed by atoms with Crippen molar-refractivity contribution < 1.29 is 13.2 Å². The Morgan fingerprint density at radius 3 is 2.46 bits per heavy atom. The molecule has 0 atom stereocenters. The fourth-order valence-corrected chi connectivity index (χ4v) is 4.09. The number of sulfonamides is 1. The van der Waals surface area contributed by atoms with E-state index >= 15 is 0 Å². The first-order valence-electron chi connectivity index (χ1n) is 8.64. The SMILES string of the molecule is CNc1nc(SCCOc2ccc(S(=O)(=O)N(C)C)cc2)nc2ccccc12. The lowest BCUT2D eigenvalue weighted by atomic mass is 10.2. The zero-order chi connectivity index (χ0) is 20.1. The van der Waals surface area contributed by atoms with Gasteiger partial charge in [-0.05, 0) is 36.4 Å². The fourth-order valence-electron chi connectivity index (χ4n) is 2.52. The predicted molar refractivity (Wildman–Crippen MR) is 113 cm³/mol. The number of hydrogen-bond donors (Lipinski definition) is 1. The van der Waals surface area contributed by atoms with Crippen LogP contribution >= 0.6 is 11.8 Å². The smallest absolute Gasteiger partial charge is 0.242 e. The first kappa shape index (κ1) is 20.4. The van der Waals surface area contributed by atoms with Crippen LogP contribution in [0.3, 0.4) is 0 Å². The monoisotopic (exact) mass is 418 g/mol. The maximum atomic E-state index is 12.1. The quantitative estimate of drug-likeness (QED) is 0.342. The lowest BCUT2D eigenvalue weighted by Crippen LogP contribution is -2.22. The summed E-state index contributed by atoms with van der Waals surface area (Å²) in [5.74, 6) is 2.08. The number of hydrogen-bond acceptors (Lipinski definition) is 7. The largest absolute Gasteiger partial charge is 0.493 e. The highest BCUT2D eigenvalue weighted by atomic mass is 32.2. The van der Waals surface area contributed by atoms with Gasteiger partial charge in [0.05, 0.1) is 17.0 Å². The Balaban J connectivity index is 1.58. The number of ether oxygens (including phenoxy) is 1. The number of anilines is 1. The van der Waals surface area contributed by atoms with Crippen molar-refractivity contribution >= 4 is 38.5 Å². The molecule has 0 unspecified atom stereocenters. The van der Waals surface area contributed by atoms with Crippen molar-refractivity contribution in [3.05, 3.63) is 48.5 Å². The molecule has 2 aromatic carbocycles. The Labute approximate surface area is 169 Å². The molecule has 7 nitrogen and oxygen atoms in total. The summed E-state index contributed by atoms with van der Waals surface area (Å²) in [5, 5.41) is 4.77. The maximum Gasteiger partial charge on any atom is 0.242 e. The van der Waals surface area contributed by atoms with Crippen molar-refractivity contribution in [3.8, 4) is 5.75 Å². The van der Waals surface area contributed by atoms with Crippen molar-refractivity contribution in [1.29, 1.82) is 0 Å². The second-order valence-corrected chi connectivity index (χ2v) is 9.29. The molecule has 0 bridgehead atoms. The molecule has 3 aromatic rings. The standard InChI is InChI=1S/C19H22N4O3S2/c1-20-18-16-6-4-5-7-17(16)21-19(22-18)27-13-12-26-14-8-10-15(11-9-14)28(24,25)23(2)3/h4-11H,12-13H2,1-3H3,(H,20,21,22). The van der Waals surface area contributed by atoms with Gasteiger partial charge in [-0.2, -0.15) is 0 Å². The van der Waals surface area contributed by atoms with Crippen LogP contribution in [-0.4, -0.2) is 56.2 Å². The van der Waals surface area contributed by atoms with E-state index < -0.39 is 10.0 Å². The van der Waals surface area contributed by atoms with E-state index in [0.29, 0.717) is 23.3 Å². The highest BCUT2D eigenvalue weighted by Gasteiger charge is 2.16. The second-order valence-electron chi connectivity index (χ2n) is 6.08. The van der Waals surface area contributed by atoms with Crippen molar-refractivity contribution in [2.45, 2.75) is 10.1 Å². The number of nitrogens with one attached hydrogen (secondary N) is 1. The molecule has 1 N–H and O–H groups in total. The average molecular weight is 419 g/mol. The molecule has 0 saturated heterocycles. The van der Waals surface area contributed by atoms with Crippen molar-refractivity contribution in [2.24, 2.45) is 0 Å². The summed E-state index contributed by atoms with van der Waals surface area (Å²) >= 11 is 1.51. The molecule has 0 aliphatic rings. The molecule has 9 heteroatoms. The Hall–Kier alpha value is -2.36. The normalized spacial score (nSPS) is 11.7. The van der Waals surface area contributed by atoms with Crippen LogP contribution in [0.2, 0.25) is 0 Å². The van der Waals surface area contributed by atoms with Crippen LogP contribution in [0.5, 0.6) is 5.75 Å². The van der Waals surface area contributed by atoms with Gasteiger partial charge in [0.25, 0.3) is 0 Å². The zero-order valence-electron chi connectivity index (χ0n) is 15.9. The van der Waals surface area contributed by atoms with Crippen LogP contribution in [0.4, 0.5) is 5.82 Å². The van der Waals surface area contributed by atoms with Gasteiger partial charge in [-0.3, -0.25) is 0 Å². The molecule has 0 radical (unpaired) electrons. The lowest BCUT2D eigenvalue weighted by Gasteiger charge is -2.12. The van der Waals surface area contributed by atoms with Crippen molar-refractivity contribution in [1.82, 2.24) is 14.3 Å². The summed E-state index contributed by atoms with van der Waals surface area (Å²) in [6.45, 7) is 0.454. The van der Waals surface area contributed by atoms with Gasteiger partial charge in [-0.15, -0.1) is 0 Å². The van der Waals surface area contributed by atoms with Crippen LogP contribution < -0.4 is 10.1 Å². The van der Waals surface area contributed by atoms with E-state index in [9.17, 15) is 8.42 Å². The highest BCUT2D eigenvalue weighted by Crippen LogP contribution is 2.24. The Morgan fingerprint density at radius 2 is 1.79 bits per heavy atom. The molecular weight excluding hydrogens is 396 g/mol. The molecule has 0 fully saturated rings. The minimum atomic E-state index is -3.43. The van der Waals surface area contributed by atoms with Gasteiger partial charge in [-0.25, -0.2) is 22.7 Å². The summed E-state index contributed by atoms with van der Waals surface area (Å²) in [6.07, 6.45) is 0. The minimum absolute atomic E-state index is 0.239. The number of thioether (sulfide) groups is 1. The lowest BCUT2D eigenvalue weighted by molar-refractivity contribution is 0.343. The van der Waals surface area contributed by atoms with E-state index in [2.05, 4.69) is 15.3 Å². The van der Waals surface area contributed by atoms with E-state index in [0.717, 1.165) is 16.7 Å². The molecule has 0 saturated carbocycles. The molecule has 0 amide bonds. The third-order valence-corrected chi connectivity index (χ3v) is 6.65. The predicted octanol–water partition coefficient (Wildman–Crippen LogP) is 3.09. The third kappa shape index (κ3) is 4.54. The van der Waals surface area contributed by atoms with Gasteiger partial charge in [0.15, 0.2) is 5.16 Å². The molecule has 0 spiro atoms. The average Bonchev–Trinajstić information content (AvgIpc) is 2.70. The highest BCUT2D eigenvalue weighted by molar-refractivity contribution is 7.99. The third-order valence-electron chi connectivity index (χ3n) is 4.01. The Bertz CT molecular complexity index is 1050. The topological polar surface area (TPSA) is 84.4 Å². The summed E-state index contributed by atoms with van der Waals surface area (Å²) in [7, 11) is 1.42. The molecule has 0 aliphatic heterocycles. The Morgan fingerprint density at radius 1 is 1.07 bits per heavy atom. The summed E-state index contributed by atoms with van der Waals surface area (Å²) < 4.78 is 31.0. The van der Waals surface area contributed by atoms with Crippen molar-refractivity contribution in [2.75, 3.05) is 38.8 Å². The van der Waals surface area contributed by atoms with Gasteiger partial charge >= 0.3 is 0 Å². The van der Waals surface area contributed by atoms with Gasteiger partial charge < -0.3 is 10.1 Å². The van der Waals surface area contributed by atoms with Crippen LogP contribution in [0, 0.1) is 0 Å². The van der Waals surface area contributed by atoms with Crippen molar-refractivity contribution in [3.63, 3.8) is 0 Å². The van der Waals surface area contributed by atoms with Crippen LogP contribution in [0.1, 0.15) is 0 Å². The molecular formula is C19H22N4O3S2. The van der Waals surface area contributed by atoms with E-state index in [1.807, 2.05) is 31.3 Å². The molecule has 3 rings (SSSR count). The first-order chi connectivity index (χ1) is 13.4. The molecule has 1 aromatic heterocycles. The first-order valence-corrected chi connectivity index (χ1v) is 11.1. The molecule has 1 heterocycles. The number of benzene rings is 2. The zero-order valence-corrected chi connectivity index (χ0v) is 17.5. The van der Waals surface area contributed by atoms with E-state index in [4.69, 9.17) is 4.74 Å². The number of aromatic nitrogens is 2. The number of para-hydroxylation sites is 1. The summed E-state index contributed by atoms with van der Waals surface area (Å²) in [5.41, 5.74) is 0.892. The molecule has 28 heavy (non-hydrogen) atoms. The molecule has 148 valence electrons. The van der Waals surface area contributed by atoms with E-state index in [1.54, 1.807) is 24.3 Å². The van der Waals surface area contributed by atoms with E-state index in [1.165, 1.54) is 30.2 Å². The minimum Gasteiger partial charge on any atom is -0.493 e. The van der Waals surface area contributed by atoms with Gasteiger partial charge in [0.1, 0.15) is 11.6 Å². The molecule has 0 aliphatic carbocycles. The van der Waals surface area contributed by atoms with Crippen LogP contribution in [0.25, 0.3) is 10.9 Å². The number of fused-ring (bicyclic) bond motifs is 1. The second kappa shape index (κ2) is 8.76. The number of nitrogens with zero attached hydrogens (tertiary/aromatic N) is 3. The fraction of sp³-hybridized carbons (Fsp3) is 0.263. The summed E-state index contributed by atoms with van der Waals surface area (Å²) in [6, 6.07) is 14.3. The van der Waals surface area contributed by atoms with Gasteiger partial charge in [-0.1, -0.05) is 23.9 Å². The van der Waals surface area contributed by atoms with Crippen LogP contribution in [-0.2, 0) is 10.0 Å². The van der Waals surface area contributed by atoms with E-state index in [-0.39, 0.29) is 4.90 Å².